The summed E-state index contributed by atoms with van der Waals surface area (Å²) in [7, 11) is 0. The van der Waals surface area contributed by atoms with Gasteiger partial charge in [-0.3, -0.25) is 9.89 Å². The normalized spacial score (nSPS) is 9.78. The average Bonchev–Trinajstić information content (AvgIpc) is 2.71. The molecule has 0 fully saturated rings. The van der Waals surface area contributed by atoms with Crippen LogP contribution in [0.15, 0.2) is 18.2 Å². The van der Waals surface area contributed by atoms with Gasteiger partial charge in [0.25, 0.3) is 0 Å². The van der Waals surface area contributed by atoms with E-state index in [1.165, 1.54) is 0 Å². The largest absolute Gasteiger partial charge is 0.481 e. The van der Waals surface area contributed by atoms with Crippen LogP contribution in [-0.2, 0) is 4.79 Å². The molecule has 0 saturated heterocycles. The molecule has 6 heteroatoms. The number of aromatic nitrogens is 2. The van der Waals surface area contributed by atoms with Gasteiger partial charge in [0.2, 0.25) is 0 Å². The first-order valence-corrected chi connectivity index (χ1v) is 5.00. The minimum atomic E-state index is -1.13. The second kappa shape index (κ2) is 4.59. The molecule has 1 heterocycles. The number of hydrogen-bond acceptors (Lipinski definition) is 3. The second-order valence-corrected chi connectivity index (χ2v) is 3.51. The van der Waals surface area contributed by atoms with Crippen molar-refractivity contribution in [3.63, 3.8) is 0 Å². The molecule has 0 aliphatic heterocycles. The molecule has 0 saturated carbocycles. The lowest BCUT2D eigenvalue weighted by atomic mass is 10.1. The zero-order chi connectivity index (χ0) is 13.1. The molecule has 0 unspecified atom stereocenters. The van der Waals surface area contributed by atoms with Crippen LogP contribution in [0.5, 0.6) is 0 Å². The topological polar surface area (TPSA) is 103 Å². The molecule has 1 aromatic heterocycles. The van der Waals surface area contributed by atoms with Gasteiger partial charge in [-0.1, -0.05) is 11.8 Å². The van der Waals surface area contributed by atoms with E-state index in [9.17, 15) is 9.59 Å². The van der Waals surface area contributed by atoms with E-state index in [-0.39, 0.29) is 12.1 Å². The van der Waals surface area contributed by atoms with Crippen LogP contribution in [0.2, 0.25) is 0 Å². The molecule has 18 heavy (non-hydrogen) atoms. The van der Waals surface area contributed by atoms with Crippen molar-refractivity contribution in [2.75, 3.05) is 0 Å². The molecular weight excluding hydrogens is 236 g/mol. The van der Waals surface area contributed by atoms with Gasteiger partial charge in [0.05, 0.1) is 5.52 Å². The van der Waals surface area contributed by atoms with Gasteiger partial charge in [-0.05, 0) is 18.2 Å². The van der Waals surface area contributed by atoms with Gasteiger partial charge in [0, 0.05) is 10.9 Å². The van der Waals surface area contributed by atoms with Gasteiger partial charge in [0.1, 0.15) is 6.42 Å². The molecule has 0 bridgehead atoms. The highest BCUT2D eigenvalue weighted by Crippen LogP contribution is 2.17. The first-order chi connectivity index (χ1) is 8.58. The van der Waals surface area contributed by atoms with Crippen molar-refractivity contribution >= 4 is 22.8 Å². The number of benzene rings is 1. The van der Waals surface area contributed by atoms with Crippen molar-refractivity contribution in [2.24, 2.45) is 0 Å². The molecule has 3 N–H and O–H groups in total. The SMILES string of the molecule is O=C(O)CC#Cc1ccc2[nH]nc(C(=O)O)c2c1. The van der Waals surface area contributed by atoms with Crippen molar-refractivity contribution in [2.45, 2.75) is 6.42 Å². The molecule has 90 valence electrons. The van der Waals surface area contributed by atoms with E-state index in [2.05, 4.69) is 22.0 Å². The number of aromatic carboxylic acids is 1. The van der Waals surface area contributed by atoms with Gasteiger partial charge >= 0.3 is 11.9 Å². The summed E-state index contributed by atoms with van der Waals surface area (Å²) in [5, 5.41) is 24.1. The Balaban J connectivity index is 2.41. The number of carbonyl (C=O) groups is 2. The third kappa shape index (κ3) is 2.30. The van der Waals surface area contributed by atoms with E-state index < -0.39 is 11.9 Å². The van der Waals surface area contributed by atoms with Crippen molar-refractivity contribution < 1.29 is 19.8 Å². The molecule has 2 aromatic rings. The zero-order valence-electron chi connectivity index (χ0n) is 9.10. The van der Waals surface area contributed by atoms with Crippen LogP contribution in [0.4, 0.5) is 0 Å². The lowest BCUT2D eigenvalue weighted by molar-refractivity contribution is -0.135. The van der Waals surface area contributed by atoms with Crippen molar-refractivity contribution in [1.82, 2.24) is 10.2 Å². The first-order valence-electron chi connectivity index (χ1n) is 5.00. The fraction of sp³-hybridized carbons (Fsp3) is 0.0833. The molecule has 0 aliphatic rings. The Morgan fingerprint density at radius 3 is 2.78 bits per heavy atom. The van der Waals surface area contributed by atoms with Gasteiger partial charge in [0.15, 0.2) is 5.69 Å². The van der Waals surface area contributed by atoms with Crippen molar-refractivity contribution in [3.8, 4) is 11.8 Å². The Kier molecular flexibility index (Phi) is 2.98. The van der Waals surface area contributed by atoms with Gasteiger partial charge in [-0.25, -0.2) is 4.79 Å². The Bertz CT molecular complexity index is 691. The quantitative estimate of drug-likeness (QED) is 0.686. The number of fused-ring (bicyclic) bond motifs is 1. The Morgan fingerprint density at radius 2 is 2.11 bits per heavy atom. The summed E-state index contributed by atoms with van der Waals surface area (Å²) in [6.07, 6.45) is -0.255. The van der Waals surface area contributed by atoms with E-state index in [4.69, 9.17) is 10.2 Å². The summed E-state index contributed by atoms with van der Waals surface area (Å²) in [6.45, 7) is 0. The van der Waals surface area contributed by atoms with Crippen LogP contribution in [0, 0.1) is 11.8 Å². The van der Waals surface area contributed by atoms with Crippen molar-refractivity contribution in [3.05, 3.63) is 29.5 Å². The van der Waals surface area contributed by atoms with Gasteiger partial charge in [-0.2, -0.15) is 5.10 Å². The molecule has 0 amide bonds. The number of aromatic amines is 1. The highest BCUT2D eigenvalue weighted by molar-refractivity contribution is 6.01. The van der Waals surface area contributed by atoms with Crippen LogP contribution in [0.25, 0.3) is 10.9 Å². The van der Waals surface area contributed by atoms with Crippen LogP contribution in [-0.4, -0.2) is 32.3 Å². The fourth-order valence-electron chi connectivity index (χ4n) is 1.48. The van der Waals surface area contributed by atoms with E-state index in [1.54, 1.807) is 18.2 Å². The predicted molar refractivity (Wildman–Crippen MR) is 62.2 cm³/mol. The van der Waals surface area contributed by atoms with E-state index >= 15 is 0 Å². The Morgan fingerprint density at radius 1 is 1.33 bits per heavy atom. The van der Waals surface area contributed by atoms with Crippen LogP contribution >= 0.6 is 0 Å². The van der Waals surface area contributed by atoms with E-state index in [1.807, 2.05) is 0 Å². The summed E-state index contributed by atoms with van der Waals surface area (Å²) in [4.78, 5) is 21.2. The minimum absolute atomic E-state index is 0.0770. The van der Waals surface area contributed by atoms with Gasteiger partial charge in [-0.15, -0.1) is 0 Å². The Labute approximate surface area is 101 Å². The summed E-state index contributed by atoms with van der Waals surface area (Å²) in [6, 6.07) is 4.89. The van der Waals surface area contributed by atoms with E-state index in [0.717, 1.165) is 0 Å². The number of aliphatic carboxylic acids is 1. The van der Waals surface area contributed by atoms with Crippen molar-refractivity contribution in [1.29, 1.82) is 0 Å². The number of nitrogens with one attached hydrogen (secondary N) is 1. The van der Waals surface area contributed by atoms with Crippen LogP contribution in [0.3, 0.4) is 0 Å². The van der Waals surface area contributed by atoms with Crippen LogP contribution < -0.4 is 0 Å². The lowest BCUT2D eigenvalue weighted by Crippen LogP contribution is -1.96. The second-order valence-electron chi connectivity index (χ2n) is 3.51. The summed E-state index contributed by atoms with van der Waals surface area (Å²) >= 11 is 0. The lowest BCUT2D eigenvalue weighted by Gasteiger charge is -1.92. The van der Waals surface area contributed by atoms with E-state index in [0.29, 0.717) is 16.5 Å². The fourth-order valence-corrected chi connectivity index (χ4v) is 1.48. The molecule has 1 aromatic carbocycles. The summed E-state index contributed by atoms with van der Waals surface area (Å²) in [5.74, 6) is 3.01. The third-order valence-electron chi connectivity index (χ3n) is 2.24. The maximum Gasteiger partial charge on any atom is 0.357 e. The standard InChI is InChI=1S/C12H8N2O4/c15-10(16)3-1-2-7-4-5-9-8(6-7)11(12(17)18)14-13-9/h4-6H,3H2,(H,13,14)(H,15,16)(H,17,18). The summed E-state index contributed by atoms with van der Waals surface area (Å²) < 4.78 is 0. The number of rotatable bonds is 2. The average molecular weight is 244 g/mol. The predicted octanol–water partition coefficient (Wildman–Crippen LogP) is 1.09. The number of hydrogen-bond donors (Lipinski definition) is 3. The molecule has 0 atom stereocenters. The molecule has 2 rings (SSSR count). The molecule has 6 nitrogen and oxygen atoms in total. The maximum absolute atomic E-state index is 10.9. The number of nitrogens with zero attached hydrogens (tertiary/aromatic N) is 1. The first kappa shape index (κ1) is 11.7. The highest BCUT2D eigenvalue weighted by atomic mass is 16.4. The van der Waals surface area contributed by atoms with Crippen LogP contribution in [0.1, 0.15) is 22.5 Å². The monoisotopic (exact) mass is 244 g/mol. The molecule has 0 radical (unpaired) electrons. The zero-order valence-corrected chi connectivity index (χ0v) is 9.10. The van der Waals surface area contributed by atoms with Gasteiger partial charge < -0.3 is 10.2 Å². The minimum Gasteiger partial charge on any atom is -0.481 e. The summed E-state index contributed by atoms with van der Waals surface area (Å²) in [5.41, 5.74) is 1.07. The molecular formula is C12H8N2O4. The third-order valence-corrected chi connectivity index (χ3v) is 2.24. The number of H-pyrrole nitrogens is 1. The molecule has 0 spiro atoms. The number of carboxylic acid groups (broad SMARTS) is 2. The Hall–Kier alpha value is -2.81. The highest BCUT2D eigenvalue weighted by Gasteiger charge is 2.12. The number of carboxylic acids is 2. The molecule has 0 aliphatic carbocycles. The maximum atomic E-state index is 10.9. The smallest absolute Gasteiger partial charge is 0.357 e.